The number of fused-ring (bicyclic) bond motifs is 1. The Bertz CT molecular complexity index is 1660. The first kappa shape index (κ1) is 30.8. The largest absolute Gasteiger partial charge is 0.445 e. The van der Waals surface area contributed by atoms with E-state index in [0.717, 1.165) is 28.6 Å². The Kier molecular flexibility index (Phi) is 10.5. The highest BCUT2D eigenvalue weighted by Crippen LogP contribution is 2.20. The highest BCUT2D eigenvalue weighted by molar-refractivity contribution is 5.96. The van der Waals surface area contributed by atoms with Gasteiger partial charge in [0.2, 0.25) is 11.8 Å². The zero-order chi connectivity index (χ0) is 30.8. The van der Waals surface area contributed by atoms with Crippen LogP contribution in [0.4, 0.5) is 10.5 Å². The summed E-state index contributed by atoms with van der Waals surface area (Å²) in [6.07, 6.45) is 4.80. The van der Waals surface area contributed by atoms with Crippen LogP contribution >= 0.6 is 0 Å². The van der Waals surface area contributed by atoms with Crippen LogP contribution in [0.5, 0.6) is 0 Å². The molecule has 2 aromatic carbocycles. The van der Waals surface area contributed by atoms with Crippen molar-refractivity contribution in [2.75, 3.05) is 5.32 Å². The number of primary amides is 1. The molecule has 3 amide bonds. The number of hydrogen-bond donors (Lipinski definition) is 4. The number of benzene rings is 2. The molecule has 0 aliphatic carbocycles. The molecule has 4 rings (SSSR count). The molecule has 0 saturated heterocycles. The summed E-state index contributed by atoms with van der Waals surface area (Å²) in [5.41, 5.74) is 8.44. The number of aromatic amines is 1. The number of carbonyl (C=O) groups excluding carboxylic acids is 3. The van der Waals surface area contributed by atoms with Crippen molar-refractivity contribution in [1.29, 1.82) is 0 Å². The molecule has 4 aromatic rings. The number of anilines is 1. The van der Waals surface area contributed by atoms with Crippen molar-refractivity contribution in [2.45, 2.75) is 52.3 Å². The van der Waals surface area contributed by atoms with Gasteiger partial charge in [-0.25, -0.2) is 9.78 Å². The van der Waals surface area contributed by atoms with Crippen LogP contribution in [0.25, 0.3) is 11.0 Å². The van der Waals surface area contributed by atoms with E-state index < -0.39 is 29.5 Å². The molecule has 2 heterocycles. The predicted octanol–water partition coefficient (Wildman–Crippen LogP) is 4.03. The van der Waals surface area contributed by atoms with Crippen molar-refractivity contribution < 1.29 is 19.1 Å². The van der Waals surface area contributed by atoms with Crippen LogP contribution in [0.3, 0.4) is 0 Å². The van der Waals surface area contributed by atoms with E-state index in [4.69, 9.17) is 15.5 Å². The average Bonchev–Trinajstić information content (AvgIpc) is 3.39. The van der Waals surface area contributed by atoms with E-state index in [1.54, 1.807) is 12.3 Å². The van der Waals surface area contributed by atoms with Crippen molar-refractivity contribution >= 4 is 34.6 Å². The third-order valence-corrected chi connectivity index (χ3v) is 6.60. The minimum atomic E-state index is -1.05. The number of nitrogens with zero attached hydrogens (tertiary/aromatic N) is 2. The van der Waals surface area contributed by atoms with Gasteiger partial charge < -0.3 is 30.7 Å². The maximum Gasteiger partial charge on any atom is 0.408 e. The molecule has 5 N–H and O–H groups in total. The van der Waals surface area contributed by atoms with Crippen molar-refractivity contribution in [3.63, 3.8) is 0 Å². The number of nitrogens with two attached hydrogens (primary N) is 1. The van der Waals surface area contributed by atoms with E-state index in [1.807, 2.05) is 42.5 Å². The van der Waals surface area contributed by atoms with Gasteiger partial charge in [-0.1, -0.05) is 62.4 Å². The molecule has 0 aliphatic rings. The molecule has 0 unspecified atom stereocenters. The zero-order valence-electron chi connectivity index (χ0n) is 24.2. The normalized spacial score (nSPS) is 12.0. The van der Waals surface area contributed by atoms with Crippen molar-refractivity contribution in [1.82, 2.24) is 19.9 Å². The SMILES string of the molecule is CC(C)Cc1cccc2[nH]c(Cn3cccc(NC(=O)[C@H](CC/C=C/C(N)=O)NC(=O)OCc4ccccc4)c3=O)nc12. The summed E-state index contributed by atoms with van der Waals surface area (Å²) in [5, 5.41) is 5.19. The summed E-state index contributed by atoms with van der Waals surface area (Å²) in [4.78, 5) is 58.2. The number of para-hydroxylation sites is 1. The van der Waals surface area contributed by atoms with Gasteiger partial charge in [0.25, 0.3) is 5.56 Å². The van der Waals surface area contributed by atoms with Crippen LogP contribution in [0, 0.1) is 5.92 Å². The number of alkyl carbamates (subject to hydrolysis) is 1. The summed E-state index contributed by atoms with van der Waals surface area (Å²) in [6.45, 7) is 4.49. The smallest absolute Gasteiger partial charge is 0.408 e. The number of nitrogens with one attached hydrogen (secondary N) is 3. The molecule has 2 aromatic heterocycles. The number of imidazole rings is 1. The standard InChI is InChI=1S/C32H36N6O5/c1-21(2)18-23-12-8-14-24-29(23)37-28(34-24)19-38-17-9-15-26(31(38)41)35-30(40)25(13-6-7-16-27(33)39)36-32(42)43-20-22-10-4-3-5-11-22/h3-5,7-12,14-17,21,25H,6,13,18-20H2,1-2H3,(H2,33,39)(H,34,37)(H,35,40)(H,36,42)/b16-7+/t25-/m0/s1. The Morgan fingerprint density at radius 2 is 1.86 bits per heavy atom. The third kappa shape index (κ3) is 8.90. The molecule has 0 spiro atoms. The molecule has 43 heavy (non-hydrogen) atoms. The van der Waals surface area contributed by atoms with E-state index in [-0.39, 0.29) is 31.7 Å². The monoisotopic (exact) mass is 584 g/mol. The summed E-state index contributed by atoms with van der Waals surface area (Å²) >= 11 is 0. The van der Waals surface area contributed by atoms with Crippen LogP contribution < -0.4 is 21.9 Å². The van der Waals surface area contributed by atoms with Crippen LogP contribution in [0.15, 0.2) is 83.8 Å². The summed E-state index contributed by atoms with van der Waals surface area (Å²) in [5.74, 6) is -0.154. The quantitative estimate of drug-likeness (QED) is 0.174. The maximum absolute atomic E-state index is 13.3. The molecule has 0 bridgehead atoms. The Labute approximate surface area is 249 Å². The lowest BCUT2D eigenvalue weighted by Crippen LogP contribution is -2.44. The highest BCUT2D eigenvalue weighted by atomic mass is 16.5. The molecule has 0 saturated carbocycles. The van der Waals surface area contributed by atoms with E-state index in [0.29, 0.717) is 11.7 Å². The fraction of sp³-hybridized carbons (Fsp3) is 0.281. The number of allylic oxidation sites excluding steroid dienone is 1. The fourth-order valence-corrected chi connectivity index (χ4v) is 4.60. The summed E-state index contributed by atoms with van der Waals surface area (Å²) in [6, 6.07) is 17.2. The van der Waals surface area contributed by atoms with E-state index in [1.165, 1.54) is 22.8 Å². The minimum Gasteiger partial charge on any atom is -0.445 e. The van der Waals surface area contributed by atoms with Crippen LogP contribution in [0.2, 0.25) is 0 Å². The highest BCUT2D eigenvalue weighted by Gasteiger charge is 2.22. The van der Waals surface area contributed by atoms with E-state index in [9.17, 15) is 19.2 Å². The number of ether oxygens (including phenoxy) is 1. The van der Waals surface area contributed by atoms with Crippen LogP contribution in [0.1, 0.15) is 43.6 Å². The summed E-state index contributed by atoms with van der Waals surface area (Å²) in [7, 11) is 0. The lowest BCUT2D eigenvalue weighted by molar-refractivity contribution is -0.118. The van der Waals surface area contributed by atoms with Gasteiger partial charge in [0.05, 0.1) is 17.6 Å². The van der Waals surface area contributed by atoms with Gasteiger partial charge in [0.15, 0.2) is 0 Å². The van der Waals surface area contributed by atoms with Gasteiger partial charge in [-0.3, -0.25) is 14.4 Å². The van der Waals surface area contributed by atoms with Gasteiger partial charge in [0, 0.05) is 6.20 Å². The average molecular weight is 585 g/mol. The molecule has 224 valence electrons. The van der Waals surface area contributed by atoms with E-state index >= 15 is 0 Å². The summed E-state index contributed by atoms with van der Waals surface area (Å²) < 4.78 is 6.71. The van der Waals surface area contributed by atoms with Gasteiger partial charge in [-0.05, 0) is 60.6 Å². The van der Waals surface area contributed by atoms with Crippen LogP contribution in [-0.2, 0) is 33.9 Å². The number of amides is 3. The molecule has 1 atom stereocenters. The van der Waals surface area contributed by atoms with Gasteiger partial charge in [-0.15, -0.1) is 0 Å². The maximum atomic E-state index is 13.3. The number of hydrogen-bond acceptors (Lipinski definition) is 6. The van der Waals surface area contributed by atoms with Gasteiger partial charge in [-0.2, -0.15) is 0 Å². The van der Waals surface area contributed by atoms with Gasteiger partial charge in [0.1, 0.15) is 24.2 Å². The molecular weight excluding hydrogens is 548 g/mol. The lowest BCUT2D eigenvalue weighted by atomic mass is 10.0. The number of pyridine rings is 1. The van der Waals surface area contributed by atoms with Crippen molar-refractivity contribution in [3.8, 4) is 0 Å². The Morgan fingerprint density at radius 3 is 2.60 bits per heavy atom. The van der Waals surface area contributed by atoms with Crippen molar-refractivity contribution in [3.05, 3.63) is 106 Å². The number of aromatic nitrogens is 3. The van der Waals surface area contributed by atoms with Crippen LogP contribution in [-0.4, -0.2) is 38.5 Å². The fourth-order valence-electron chi connectivity index (χ4n) is 4.60. The number of carbonyl (C=O) groups is 3. The predicted molar refractivity (Wildman–Crippen MR) is 164 cm³/mol. The van der Waals surface area contributed by atoms with Gasteiger partial charge >= 0.3 is 6.09 Å². The number of rotatable bonds is 13. The minimum absolute atomic E-state index is 0.0206. The Balaban J connectivity index is 1.47. The zero-order valence-corrected chi connectivity index (χ0v) is 24.2. The molecule has 11 heteroatoms. The third-order valence-electron chi connectivity index (χ3n) is 6.60. The molecular formula is C32H36N6O5. The molecule has 0 aliphatic heterocycles. The number of H-pyrrole nitrogens is 1. The second-order valence-corrected chi connectivity index (χ2v) is 10.6. The second kappa shape index (κ2) is 14.6. The Hall–Kier alpha value is -5.19. The van der Waals surface area contributed by atoms with Crippen molar-refractivity contribution in [2.24, 2.45) is 11.7 Å². The first-order chi connectivity index (χ1) is 20.7. The lowest BCUT2D eigenvalue weighted by Gasteiger charge is -2.18. The topological polar surface area (TPSA) is 161 Å². The first-order valence-electron chi connectivity index (χ1n) is 14.1. The Morgan fingerprint density at radius 1 is 1.07 bits per heavy atom. The molecule has 11 nitrogen and oxygen atoms in total. The first-order valence-corrected chi connectivity index (χ1v) is 14.1. The second-order valence-electron chi connectivity index (χ2n) is 10.6. The van der Waals surface area contributed by atoms with E-state index in [2.05, 4.69) is 35.5 Å². The molecule has 0 radical (unpaired) electrons. The molecule has 0 fully saturated rings.